The predicted molar refractivity (Wildman–Crippen MR) is 106 cm³/mol. The molecule has 1 aromatic carbocycles. The van der Waals surface area contributed by atoms with Gasteiger partial charge in [0, 0.05) is 17.3 Å². The summed E-state index contributed by atoms with van der Waals surface area (Å²) < 4.78 is 15.8. The van der Waals surface area contributed by atoms with Gasteiger partial charge < -0.3 is 5.32 Å². The summed E-state index contributed by atoms with van der Waals surface area (Å²) in [6.45, 7) is 3.81. The Labute approximate surface area is 165 Å². The van der Waals surface area contributed by atoms with Crippen molar-refractivity contribution >= 4 is 5.91 Å². The minimum atomic E-state index is -0.308. The molecule has 0 spiro atoms. The first kappa shape index (κ1) is 17.9. The highest BCUT2D eigenvalue weighted by Crippen LogP contribution is 2.58. The average Bonchev–Trinajstić information content (AvgIpc) is 3.41. The largest absolute Gasteiger partial charge is 0.353 e. The zero-order valence-electron chi connectivity index (χ0n) is 16.6. The van der Waals surface area contributed by atoms with Gasteiger partial charge in [-0.25, -0.2) is 9.07 Å². The Morgan fingerprint density at radius 1 is 1.18 bits per heavy atom. The van der Waals surface area contributed by atoms with Crippen molar-refractivity contribution in [3.05, 3.63) is 47.0 Å². The number of amides is 1. The molecule has 1 aromatic heterocycles. The number of fused-ring (bicyclic) bond motifs is 5. The molecule has 1 heterocycles. The van der Waals surface area contributed by atoms with Crippen molar-refractivity contribution in [1.29, 1.82) is 0 Å². The average molecular weight is 381 g/mol. The van der Waals surface area contributed by atoms with Gasteiger partial charge in [-0.2, -0.15) is 5.10 Å². The Morgan fingerprint density at radius 2 is 1.96 bits per heavy atom. The van der Waals surface area contributed by atoms with Crippen molar-refractivity contribution in [3.63, 3.8) is 0 Å². The molecule has 0 saturated heterocycles. The fourth-order valence-electron chi connectivity index (χ4n) is 6.44. The van der Waals surface area contributed by atoms with Gasteiger partial charge in [0.25, 0.3) is 0 Å². The smallest absolute Gasteiger partial charge is 0.224 e. The molecule has 3 aliphatic rings. The van der Waals surface area contributed by atoms with Crippen molar-refractivity contribution in [2.75, 3.05) is 0 Å². The van der Waals surface area contributed by atoms with Crippen LogP contribution in [0.4, 0.5) is 4.39 Å². The number of halogens is 1. The molecule has 3 aliphatic carbocycles. The maximum Gasteiger partial charge on any atom is 0.224 e. The van der Waals surface area contributed by atoms with Crippen molar-refractivity contribution in [1.82, 2.24) is 15.1 Å². The van der Waals surface area contributed by atoms with E-state index in [1.165, 1.54) is 31.7 Å². The number of aryl methyl sites for hydroxylation is 1. The lowest BCUT2D eigenvalue weighted by Crippen LogP contribution is -2.43. The van der Waals surface area contributed by atoms with Crippen LogP contribution in [0.1, 0.15) is 49.1 Å². The van der Waals surface area contributed by atoms with Gasteiger partial charge in [-0.15, -0.1) is 0 Å². The number of rotatable bonds is 4. The van der Waals surface area contributed by atoms with Crippen LogP contribution in [0.25, 0.3) is 5.69 Å². The lowest BCUT2D eigenvalue weighted by molar-refractivity contribution is -0.121. The van der Waals surface area contributed by atoms with Gasteiger partial charge >= 0.3 is 0 Å². The van der Waals surface area contributed by atoms with Crippen LogP contribution in [0, 0.1) is 43.3 Å². The van der Waals surface area contributed by atoms with E-state index in [-0.39, 0.29) is 11.7 Å². The van der Waals surface area contributed by atoms with Gasteiger partial charge in [0.15, 0.2) is 0 Å². The molecule has 148 valence electrons. The summed E-state index contributed by atoms with van der Waals surface area (Å²) in [5.74, 6) is 3.06. The van der Waals surface area contributed by atoms with Gasteiger partial charge in [-0.1, -0.05) is 18.6 Å². The van der Waals surface area contributed by atoms with E-state index in [1.54, 1.807) is 22.9 Å². The number of aromatic nitrogens is 2. The Bertz CT molecular complexity index is 921. The zero-order chi connectivity index (χ0) is 19.4. The third-order valence-electron chi connectivity index (χ3n) is 7.63. The SMILES string of the molecule is Cc1nn(-c2ccccc2F)c(C)c1CC(=O)N[C@@H]1C[C@@H]2C[C@@H]1[C@@H]1CCC[C@@H]21. The minimum Gasteiger partial charge on any atom is -0.353 e. The molecule has 5 rings (SSSR count). The number of benzene rings is 1. The second-order valence-electron chi connectivity index (χ2n) is 9.02. The second-order valence-corrected chi connectivity index (χ2v) is 9.02. The van der Waals surface area contributed by atoms with Gasteiger partial charge in [0.2, 0.25) is 5.91 Å². The third-order valence-corrected chi connectivity index (χ3v) is 7.63. The number of nitrogens with one attached hydrogen (secondary N) is 1. The first-order chi connectivity index (χ1) is 13.5. The number of nitrogens with zero attached hydrogens (tertiary/aromatic N) is 2. The molecule has 5 atom stereocenters. The van der Waals surface area contributed by atoms with Crippen LogP contribution in [-0.4, -0.2) is 21.7 Å². The van der Waals surface area contributed by atoms with E-state index in [4.69, 9.17) is 0 Å². The molecule has 0 aliphatic heterocycles. The van der Waals surface area contributed by atoms with Gasteiger partial charge in [-0.05, 0) is 75.3 Å². The molecular weight excluding hydrogens is 353 g/mol. The molecule has 1 amide bonds. The molecule has 1 N–H and O–H groups in total. The monoisotopic (exact) mass is 381 g/mol. The summed E-state index contributed by atoms with van der Waals surface area (Å²) in [4.78, 5) is 12.8. The van der Waals surface area contributed by atoms with E-state index in [0.29, 0.717) is 24.1 Å². The molecule has 2 aromatic rings. The molecule has 5 heteroatoms. The van der Waals surface area contributed by atoms with E-state index in [1.807, 2.05) is 13.8 Å². The number of carbonyl (C=O) groups is 1. The maximum atomic E-state index is 14.2. The van der Waals surface area contributed by atoms with Crippen molar-refractivity contribution in [2.24, 2.45) is 23.7 Å². The van der Waals surface area contributed by atoms with Gasteiger partial charge in [-0.3, -0.25) is 4.79 Å². The Balaban J connectivity index is 1.30. The topological polar surface area (TPSA) is 46.9 Å². The molecule has 28 heavy (non-hydrogen) atoms. The van der Waals surface area contributed by atoms with Gasteiger partial charge in [0.1, 0.15) is 11.5 Å². The summed E-state index contributed by atoms with van der Waals surface area (Å²) >= 11 is 0. The van der Waals surface area contributed by atoms with Gasteiger partial charge in [0.05, 0.1) is 12.1 Å². The van der Waals surface area contributed by atoms with E-state index >= 15 is 0 Å². The van der Waals surface area contributed by atoms with Crippen LogP contribution < -0.4 is 5.32 Å². The van der Waals surface area contributed by atoms with Crippen LogP contribution in [0.2, 0.25) is 0 Å². The lowest BCUT2D eigenvalue weighted by atomic mass is 9.79. The predicted octanol–water partition coefficient (Wildman–Crippen LogP) is 4.11. The minimum absolute atomic E-state index is 0.0754. The Kier molecular flexibility index (Phi) is 4.29. The second kappa shape index (κ2) is 6.71. The highest BCUT2D eigenvalue weighted by atomic mass is 19.1. The summed E-state index contributed by atoms with van der Waals surface area (Å²) in [6.07, 6.45) is 6.91. The highest BCUT2D eigenvalue weighted by molar-refractivity contribution is 5.79. The summed E-state index contributed by atoms with van der Waals surface area (Å²) in [5, 5.41) is 7.84. The number of hydrogen-bond acceptors (Lipinski definition) is 2. The van der Waals surface area contributed by atoms with Crippen LogP contribution in [0.15, 0.2) is 24.3 Å². The van der Waals surface area contributed by atoms with Crippen molar-refractivity contribution in [2.45, 2.75) is 58.4 Å². The van der Waals surface area contributed by atoms with E-state index in [9.17, 15) is 9.18 Å². The highest BCUT2D eigenvalue weighted by Gasteiger charge is 2.54. The quantitative estimate of drug-likeness (QED) is 0.866. The third kappa shape index (κ3) is 2.78. The summed E-state index contributed by atoms with van der Waals surface area (Å²) in [6, 6.07) is 6.96. The molecule has 0 unspecified atom stereocenters. The number of hydrogen-bond donors (Lipinski definition) is 1. The van der Waals surface area contributed by atoms with Crippen LogP contribution in [0.3, 0.4) is 0 Å². The molecule has 4 nitrogen and oxygen atoms in total. The van der Waals surface area contributed by atoms with Crippen molar-refractivity contribution < 1.29 is 9.18 Å². The zero-order valence-corrected chi connectivity index (χ0v) is 16.6. The lowest BCUT2D eigenvalue weighted by Gasteiger charge is -2.32. The fraction of sp³-hybridized carbons (Fsp3) is 0.565. The number of para-hydroxylation sites is 1. The molecule has 2 bridgehead atoms. The molecule has 3 saturated carbocycles. The number of carbonyl (C=O) groups excluding carboxylic acids is 1. The van der Waals surface area contributed by atoms with Crippen LogP contribution in [0.5, 0.6) is 0 Å². The fourth-order valence-corrected chi connectivity index (χ4v) is 6.44. The van der Waals surface area contributed by atoms with Crippen LogP contribution >= 0.6 is 0 Å². The Hall–Kier alpha value is -2.17. The van der Waals surface area contributed by atoms with E-state index in [2.05, 4.69) is 10.4 Å². The van der Waals surface area contributed by atoms with E-state index in [0.717, 1.165) is 41.1 Å². The maximum absolute atomic E-state index is 14.2. The molecular formula is C23H28FN3O. The Morgan fingerprint density at radius 3 is 2.79 bits per heavy atom. The first-order valence-corrected chi connectivity index (χ1v) is 10.6. The normalized spacial score (nSPS) is 30.6. The summed E-state index contributed by atoms with van der Waals surface area (Å²) in [5.41, 5.74) is 2.96. The first-order valence-electron chi connectivity index (χ1n) is 10.6. The molecule has 0 radical (unpaired) electrons. The summed E-state index contributed by atoms with van der Waals surface area (Å²) in [7, 11) is 0. The molecule has 3 fully saturated rings. The van der Waals surface area contributed by atoms with Crippen LogP contribution in [-0.2, 0) is 11.2 Å². The standard InChI is InChI=1S/C23H28FN3O/c1-13-18(14(2)27(26-13)22-9-4-3-8-20(22)24)12-23(28)25-21-11-15-10-19(21)17-7-5-6-16(15)17/h3-4,8-9,15-17,19,21H,5-7,10-12H2,1-2H3,(H,25,28)/t15-,16-,17+,19+,21+/m0/s1. The van der Waals surface area contributed by atoms with Crippen molar-refractivity contribution in [3.8, 4) is 5.69 Å². The van der Waals surface area contributed by atoms with E-state index < -0.39 is 0 Å².